The summed E-state index contributed by atoms with van der Waals surface area (Å²) in [5.74, 6) is 0.212. The van der Waals surface area contributed by atoms with Gasteiger partial charge in [0.05, 0.1) is 24.4 Å². The molecule has 2 rings (SSSR count). The summed E-state index contributed by atoms with van der Waals surface area (Å²) in [6.45, 7) is -0.183. The lowest BCUT2D eigenvalue weighted by Crippen LogP contribution is -2.14. The topological polar surface area (TPSA) is 42.6 Å². The van der Waals surface area contributed by atoms with E-state index in [-0.39, 0.29) is 19.0 Å². The molecule has 1 unspecified atom stereocenters. The Morgan fingerprint density at radius 3 is 2.60 bits per heavy atom. The van der Waals surface area contributed by atoms with Crippen molar-refractivity contribution < 1.29 is 27.4 Å². The molecule has 0 aliphatic heterocycles. The first-order chi connectivity index (χ1) is 9.50. The van der Waals surface area contributed by atoms with E-state index < -0.39 is 17.7 Å². The monoisotopic (exact) mass is 286 g/mol. The van der Waals surface area contributed by atoms with Gasteiger partial charge in [-0.15, -0.1) is 0 Å². The third kappa shape index (κ3) is 3.54. The molecule has 108 valence electrons. The van der Waals surface area contributed by atoms with Crippen LogP contribution < -0.4 is 4.74 Å². The van der Waals surface area contributed by atoms with Crippen LogP contribution in [0, 0.1) is 0 Å². The summed E-state index contributed by atoms with van der Waals surface area (Å²) in [5, 5.41) is 9.24. The van der Waals surface area contributed by atoms with E-state index >= 15 is 0 Å². The molecule has 0 saturated carbocycles. The summed E-state index contributed by atoms with van der Waals surface area (Å²) in [7, 11) is 0. The standard InChI is InChI=1S/C14H13F3O3/c15-14(16,17)11-3-1-4-12(7-11)20-9-10(8-18)13-5-2-6-19-13/h1-7,10,18H,8-9H2. The van der Waals surface area contributed by atoms with Gasteiger partial charge in [-0.1, -0.05) is 6.07 Å². The quantitative estimate of drug-likeness (QED) is 0.915. The fourth-order valence-electron chi connectivity index (χ4n) is 1.71. The van der Waals surface area contributed by atoms with Crippen molar-refractivity contribution in [2.24, 2.45) is 0 Å². The van der Waals surface area contributed by atoms with Gasteiger partial charge < -0.3 is 14.3 Å². The molecule has 1 N–H and O–H groups in total. The van der Waals surface area contributed by atoms with Crippen molar-refractivity contribution in [3.63, 3.8) is 0 Å². The van der Waals surface area contributed by atoms with E-state index in [1.165, 1.54) is 18.4 Å². The summed E-state index contributed by atoms with van der Waals surface area (Å²) < 4.78 is 48.1. The van der Waals surface area contributed by atoms with Crippen molar-refractivity contribution in [2.75, 3.05) is 13.2 Å². The van der Waals surface area contributed by atoms with Crippen LogP contribution in [0.15, 0.2) is 47.1 Å². The van der Waals surface area contributed by atoms with E-state index in [0.717, 1.165) is 12.1 Å². The van der Waals surface area contributed by atoms with Gasteiger partial charge in [0.25, 0.3) is 0 Å². The lowest BCUT2D eigenvalue weighted by atomic mass is 10.1. The zero-order valence-corrected chi connectivity index (χ0v) is 10.4. The van der Waals surface area contributed by atoms with Crippen LogP contribution in [0.25, 0.3) is 0 Å². The van der Waals surface area contributed by atoms with Gasteiger partial charge in [-0.25, -0.2) is 0 Å². The lowest BCUT2D eigenvalue weighted by Gasteiger charge is -2.14. The highest BCUT2D eigenvalue weighted by atomic mass is 19.4. The minimum atomic E-state index is -4.41. The van der Waals surface area contributed by atoms with Gasteiger partial charge in [0.2, 0.25) is 0 Å². The average Bonchev–Trinajstić information content (AvgIpc) is 2.93. The van der Waals surface area contributed by atoms with E-state index in [2.05, 4.69) is 0 Å². The molecule has 0 aliphatic rings. The van der Waals surface area contributed by atoms with Crippen molar-refractivity contribution in [1.29, 1.82) is 0 Å². The van der Waals surface area contributed by atoms with Gasteiger partial charge >= 0.3 is 6.18 Å². The minimum Gasteiger partial charge on any atom is -0.493 e. The highest BCUT2D eigenvalue weighted by Crippen LogP contribution is 2.31. The van der Waals surface area contributed by atoms with Gasteiger partial charge in [-0.2, -0.15) is 13.2 Å². The molecular formula is C14H13F3O3. The highest BCUT2D eigenvalue weighted by Gasteiger charge is 2.30. The van der Waals surface area contributed by atoms with Crippen LogP contribution in [0.1, 0.15) is 17.2 Å². The Balaban J connectivity index is 2.03. The van der Waals surface area contributed by atoms with Crippen molar-refractivity contribution in [3.8, 4) is 5.75 Å². The van der Waals surface area contributed by atoms with Gasteiger partial charge in [0.1, 0.15) is 18.1 Å². The summed E-state index contributed by atoms with van der Waals surface area (Å²) in [6, 6.07) is 7.96. The molecule has 2 aromatic rings. The summed E-state index contributed by atoms with van der Waals surface area (Å²) >= 11 is 0. The molecule has 3 nitrogen and oxygen atoms in total. The average molecular weight is 286 g/mol. The van der Waals surface area contributed by atoms with Crippen LogP contribution in [0.3, 0.4) is 0 Å². The maximum Gasteiger partial charge on any atom is 0.416 e. The number of alkyl halides is 3. The number of furan rings is 1. The van der Waals surface area contributed by atoms with Crippen LogP contribution in [0.2, 0.25) is 0 Å². The first kappa shape index (κ1) is 14.5. The highest BCUT2D eigenvalue weighted by molar-refractivity contribution is 5.30. The third-order valence-electron chi connectivity index (χ3n) is 2.78. The van der Waals surface area contributed by atoms with E-state index in [9.17, 15) is 18.3 Å². The number of ether oxygens (including phenoxy) is 1. The predicted octanol–water partition coefficient (Wildman–Crippen LogP) is 3.45. The van der Waals surface area contributed by atoms with Crippen molar-refractivity contribution in [1.82, 2.24) is 0 Å². The Bertz CT molecular complexity index is 535. The Labute approximate surface area is 113 Å². The molecule has 1 aromatic carbocycles. The van der Waals surface area contributed by atoms with Gasteiger partial charge in [-0.05, 0) is 30.3 Å². The largest absolute Gasteiger partial charge is 0.493 e. The van der Waals surface area contributed by atoms with E-state index in [0.29, 0.717) is 5.76 Å². The zero-order valence-electron chi connectivity index (χ0n) is 10.4. The molecule has 1 heterocycles. The summed E-state index contributed by atoms with van der Waals surface area (Å²) in [5.41, 5.74) is -0.770. The number of hydrogen-bond donors (Lipinski definition) is 1. The van der Waals surface area contributed by atoms with E-state index in [1.54, 1.807) is 12.1 Å². The zero-order chi connectivity index (χ0) is 14.6. The first-order valence-corrected chi connectivity index (χ1v) is 5.95. The number of halogens is 3. The predicted molar refractivity (Wildman–Crippen MR) is 65.5 cm³/mol. The van der Waals surface area contributed by atoms with Gasteiger partial charge in [0, 0.05) is 0 Å². The van der Waals surface area contributed by atoms with Crippen molar-refractivity contribution in [3.05, 3.63) is 54.0 Å². The fourth-order valence-corrected chi connectivity index (χ4v) is 1.71. The third-order valence-corrected chi connectivity index (χ3v) is 2.78. The van der Waals surface area contributed by atoms with Crippen LogP contribution in [-0.2, 0) is 6.18 Å². The molecule has 0 bridgehead atoms. The Kier molecular flexibility index (Phi) is 4.34. The van der Waals surface area contributed by atoms with Gasteiger partial charge in [-0.3, -0.25) is 0 Å². The lowest BCUT2D eigenvalue weighted by molar-refractivity contribution is -0.137. The summed E-state index contributed by atoms with van der Waals surface area (Å²) in [6.07, 6.45) is -2.95. The molecule has 20 heavy (non-hydrogen) atoms. The van der Waals surface area contributed by atoms with Crippen LogP contribution in [-0.4, -0.2) is 18.3 Å². The molecule has 0 aliphatic carbocycles. The summed E-state index contributed by atoms with van der Waals surface area (Å²) in [4.78, 5) is 0. The number of aliphatic hydroxyl groups is 1. The Morgan fingerprint density at radius 2 is 2.00 bits per heavy atom. The SMILES string of the molecule is OCC(COc1cccc(C(F)(F)F)c1)c1ccco1. The molecule has 0 saturated heterocycles. The number of benzene rings is 1. The Morgan fingerprint density at radius 1 is 1.20 bits per heavy atom. The normalized spacial score (nSPS) is 13.2. The van der Waals surface area contributed by atoms with E-state index in [1.807, 2.05) is 0 Å². The second kappa shape index (κ2) is 6.00. The number of rotatable bonds is 5. The van der Waals surface area contributed by atoms with Crippen molar-refractivity contribution >= 4 is 0 Å². The minimum absolute atomic E-state index is 0.0331. The Hall–Kier alpha value is -1.95. The molecule has 0 spiro atoms. The maximum atomic E-state index is 12.5. The van der Waals surface area contributed by atoms with Gasteiger partial charge in [0.15, 0.2) is 0 Å². The fraction of sp³-hybridized carbons (Fsp3) is 0.286. The molecule has 6 heteroatoms. The molecular weight excluding hydrogens is 273 g/mol. The molecule has 0 radical (unpaired) electrons. The molecule has 1 atom stereocenters. The van der Waals surface area contributed by atoms with Crippen LogP contribution in [0.4, 0.5) is 13.2 Å². The molecule has 1 aromatic heterocycles. The maximum absolute atomic E-state index is 12.5. The molecule has 0 fully saturated rings. The smallest absolute Gasteiger partial charge is 0.416 e. The number of hydrogen-bond acceptors (Lipinski definition) is 3. The second-order valence-electron chi connectivity index (χ2n) is 4.23. The van der Waals surface area contributed by atoms with Crippen LogP contribution in [0.5, 0.6) is 5.75 Å². The van der Waals surface area contributed by atoms with Crippen molar-refractivity contribution in [2.45, 2.75) is 12.1 Å². The second-order valence-corrected chi connectivity index (χ2v) is 4.23. The van der Waals surface area contributed by atoms with E-state index in [4.69, 9.17) is 9.15 Å². The first-order valence-electron chi connectivity index (χ1n) is 5.95. The number of aliphatic hydroxyl groups excluding tert-OH is 1. The molecule has 0 amide bonds. The van der Waals surface area contributed by atoms with Crippen LogP contribution >= 0.6 is 0 Å².